The zero-order valence-corrected chi connectivity index (χ0v) is 17.0. The molecule has 0 saturated heterocycles. The summed E-state index contributed by atoms with van der Waals surface area (Å²) >= 11 is 1.24. The number of thiazole rings is 1. The molecule has 0 aliphatic rings. The molecule has 0 amide bonds. The summed E-state index contributed by atoms with van der Waals surface area (Å²) in [5.41, 5.74) is 4.57. The number of hydrazone groups is 1. The van der Waals surface area contributed by atoms with Gasteiger partial charge in [-0.1, -0.05) is 35.6 Å². The van der Waals surface area contributed by atoms with Gasteiger partial charge in [-0.15, -0.1) is 0 Å². The number of halogens is 1. The molecule has 3 aromatic rings. The Hall–Kier alpha value is -3.26. The van der Waals surface area contributed by atoms with Gasteiger partial charge in [-0.2, -0.15) is 5.10 Å². The maximum absolute atomic E-state index is 13.9. The minimum atomic E-state index is -0.334. The highest BCUT2D eigenvalue weighted by Gasteiger charge is 2.12. The molecule has 2 aromatic carbocycles. The lowest BCUT2D eigenvalue weighted by Crippen LogP contribution is -2.03. The fourth-order valence-electron chi connectivity index (χ4n) is 2.64. The molecule has 0 fully saturated rings. The summed E-state index contributed by atoms with van der Waals surface area (Å²) in [7, 11) is 1.53. The van der Waals surface area contributed by atoms with E-state index < -0.39 is 0 Å². The minimum Gasteiger partial charge on any atom is -0.493 e. The van der Waals surface area contributed by atoms with E-state index in [1.54, 1.807) is 49.5 Å². The monoisotopic (exact) mass is 413 g/mol. The van der Waals surface area contributed by atoms with Gasteiger partial charge in [0.05, 0.1) is 23.9 Å². The molecule has 3 rings (SSSR count). The molecule has 0 saturated carbocycles. The second kappa shape index (κ2) is 9.29. The Bertz CT molecular complexity index is 1050. The van der Waals surface area contributed by atoms with Crippen molar-refractivity contribution in [1.82, 2.24) is 4.98 Å². The number of methoxy groups -OCH3 is 1. The number of anilines is 1. The van der Waals surface area contributed by atoms with Gasteiger partial charge >= 0.3 is 0 Å². The van der Waals surface area contributed by atoms with E-state index in [1.807, 2.05) is 0 Å². The van der Waals surface area contributed by atoms with Crippen LogP contribution in [0.2, 0.25) is 0 Å². The Kier molecular flexibility index (Phi) is 6.56. The second-order valence-electron chi connectivity index (χ2n) is 6.12. The Balaban J connectivity index is 1.78. The van der Waals surface area contributed by atoms with Crippen molar-refractivity contribution in [2.24, 2.45) is 5.10 Å². The Morgan fingerprint density at radius 3 is 2.76 bits per heavy atom. The number of Topliss-reactive ketones (excluding diaryl/α,β-unsaturated/α-hetero) is 1. The third-order valence-electron chi connectivity index (χ3n) is 4.04. The maximum Gasteiger partial charge on any atom is 0.204 e. The van der Waals surface area contributed by atoms with Crippen LogP contribution in [0.25, 0.3) is 0 Å². The first-order chi connectivity index (χ1) is 14.0. The van der Waals surface area contributed by atoms with Crippen molar-refractivity contribution in [2.75, 3.05) is 12.5 Å². The maximum atomic E-state index is 13.9. The number of hydrogen-bond donors (Lipinski definition) is 1. The highest BCUT2D eigenvalue weighted by atomic mass is 32.1. The standard InChI is InChI=1S/C21H20FN3O3S/c1-13-20(14(2)26)29-21(24-13)25-23-11-15-8-6-10-18(27-3)19(15)28-12-16-7-4-5-9-17(16)22/h4-11H,12H2,1-3H3,(H,24,25)/b23-11+. The Labute approximate surface area is 172 Å². The predicted octanol–water partition coefficient (Wildman–Crippen LogP) is 4.83. The summed E-state index contributed by atoms with van der Waals surface area (Å²) in [4.78, 5) is 16.4. The summed E-state index contributed by atoms with van der Waals surface area (Å²) in [5, 5.41) is 4.70. The number of nitrogens with zero attached hydrogens (tertiary/aromatic N) is 2. The number of aromatic nitrogens is 1. The molecule has 0 bridgehead atoms. The molecule has 0 atom stereocenters. The van der Waals surface area contributed by atoms with Gasteiger partial charge in [0.25, 0.3) is 0 Å². The van der Waals surface area contributed by atoms with E-state index in [-0.39, 0.29) is 18.2 Å². The number of rotatable bonds is 8. The number of para-hydroxylation sites is 1. The molecule has 0 aliphatic heterocycles. The van der Waals surface area contributed by atoms with E-state index in [2.05, 4.69) is 15.5 Å². The molecule has 1 aromatic heterocycles. The highest BCUT2D eigenvalue weighted by Crippen LogP contribution is 2.31. The van der Waals surface area contributed by atoms with Crippen LogP contribution in [-0.2, 0) is 6.61 Å². The van der Waals surface area contributed by atoms with Gasteiger partial charge in [-0.25, -0.2) is 9.37 Å². The summed E-state index contributed by atoms with van der Waals surface area (Å²) in [6.07, 6.45) is 1.56. The highest BCUT2D eigenvalue weighted by molar-refractivity contribution is 7.17. The van der Waals surface area contributed by atoms with Gasteiger partial charge in [0.2, 0.25) is 5.13 Å². The van der Waals surface area contributed by atoms with Crippen molar-refractivity contribution in [3.05, 3.63) is 70.0 Å². The summed E-state index contributed by atoms with van der Waals surface area (Å²) in [5.74, 6) is 0.589. The molecule has 0 aliphatic carbocycles. The normalized spacial score (nSPS) is 10.9. The van der Waals surface area contributed by atoms with Crippen LogP contribution in [0.5, 0.6) is 11.5 Å². The average molecular weight is 413 g/mol. The first-order valence-corrected chi connectivity index (χ1v) is 9.62. The lowest BCUT2D eigenvalue weighted by atomic mass is 10.2. The van der Waals surface area contributed by atoms with Gasteiger partial charge in [-0.05, 0) is 25.1 Å². The quantitative estimate of drug-likeness (QED) is 0.325. The van der Waals surface area contributed by atoms with Crippen molar-refractivity contribution < 1.29 is 18.7 Å². The number of hydrogen-bond acceptors (Lipinski definition) is 7. The summed E-state index contributed by atoms with van der Waals surface area (Å²) in [6.45, 7) is 3.33. The van der Waals surface area contributed by atoms with Crippen LogP contribution in [0.4, 0.5) is 9.52 Å². The lowest BCUT2D eigenvalue weighted by molar-refractivity contribution is 0.102. The van der Waals surface area contributed by atoms with E-state index in [0.717, 1.165) is 0 Å². The van der Waals surface area contributed by atoms with E-state index in [4.69, 9.17) is 9.47 Å². The summed E-state index contributed by atoms with van der Waals surface area (Å²) in [6, 6.07) is 11.8. The van der Waals surface area contributed by atoms with Crippen molar-refractivity contribution in [3.8, 4) is 11.5 Å². The lowest BCUT2D eigenvalue weighted by Gasteiger charge is -2.13. The Morgan fingerprint density at radius 1 is 1.28 bits per heavy atom. The van der Waals surface area contributed by atoms with E-state index >= 15 is 0 Å². The number of ether oxygens (including phenoxy) is 2. The van der Waals surface area contributed by atoms with Gasteiger partial charge in [0.1, 0.15) is 12.4 Å². The molecule has 150 valence electrons. The number of benzene rings is 2. The van der Waals surface area contributed by atoms with Crippen LogP contribution in [0.3, 0.4) is 0 Å². The van der Waals surface area contributed by atoms with Crippen molar-refractivity contribution in [1.29, 1.82) is 0 Å². The fraction of sp³-hybridized carbons (Fsp3) is 0.190. The smallest absolute Gasteiger partial charge is 0.204 e. The van der Waals surface area contributed by atoms with E-state index in [1.165, 1.54) is 31.4 Å². The molecule has 0 spiro atoms. The molecule has 1 N–H and O–H groups in total. The number of ketones is 1. The second-order valence-corrected chi connectivity index (χ2v) is 7.12. The fourth-order valence-corrected chi connectivity index (χ4v) is 3.45. The van der Waals surface area contributed by atoms with Crippen molar-refractivity contribution in [2.45, 2.75) is 20.5 Å². The van der Waals surface area contributed by atoms with Crippen LogP contribution in [-0.4, -0.2) is 24.1 Å². The van der Waals surface area contributed by atoms with Gasteiger partial charge < -0.3 is 9.47 Å². The number of aryl methyl sites for hydroxylation is 1. The largest absolute Gasteiger partial charge is 0.493 e. The molecule has 0 unspecified atom stereocenters. The summed E-state index contributed by atoms with van der Waals surface area (Å²) < 4.78 is 25.1. The Morgan fingerprint density at radius 2 is 2.07 bits per heavy atom. The number of carbonyl (C=O) groups excluding carboxylic acids is 1. The minimum absolute atomic E-state index is 0.0337. The number of carbonyl (C=O) groups is 1. The topological polar surface area (TPSA) is 72.8 Å². The van der Waals surface area contributed by atoms with Gasteiger partial charge in [-0.3, -0.25) is 10.2 Å². The van der Waals surface area contributed by atoms with Crippen molar-refractivity contribution >= 4 is 28.5 Å². The van der Waals surface area contributed by atoms with E-state index in [9.17, 15) is 9.18 Å². The van der Waals surface area contributed by atoms with Crippen LogP contribution in [0, 0.1) is 12.7 Å². The molecular formula is C21H20FN3O3S. The average Bonchev–Trinajstić information content (AvgIpc) is 3.08. The van der Waals surface area contributed by atoms with Gasteiger partial charge in [0, 0.05) is 18.1 Å². The first-order valence-electron chi connectivity index (χ1n) is 8.80. The third-order valence-corrected chi connectivity index (χ3v) is 5.20. The predicted molar refractivity (Wildman–Crippen MR) is 112 cm³/mol. The zero-order valence-electron chi connectivity index (χ0n) is 16.2. The van der Waals surface area contributed by atoms with Crippen LogP contribution >= 0.6 is 11.3 Å². The molecule has 0 radical (unpaired) electrons. The van der Waals surface area contributed by atoms with Crippen molar-refractivity contribution in [3.63, 3.8) is 0 Å². The number of nitrogens with one attached hydrogen (secondary N) is 1. The molecular weight excluding hydrogens is 393 g/mol. The van der Waals surface area contributed by atoms with Crippen LogP contribution < -0.4 is 14.9 Å². The molecule has 1 heterocycles. The van der Waals surface area contributed by atoms with Crippen LogP contribution in [0.15, 0.2) is 47.6 Å². The van der Waals surface area contributed by atoms with E-state index in [0.29, 0.717) is 38.3 Å². The third kappa shape index (κ3) is 4.97. The first kappa shape index (κ1) is 20.5. The SMILES string of the molecule is COc1cccc(/C=N/Nc2nc(C)c(C(C)=O)s2)c1OCc1ccccc1F. The zero-order chi connectivity index (χ0) is 20.8. The van der Waals surface area contributed by atoms with Gasteiger partial charge in [0.15, 0.2) is 17.3 Å². The molecule has 29 heavy (non-hydrogen) atoms. The molecule has 6 nitrogen and oxygen atoms in total. The van der Waals surface area contributed by atoms with Crippen LogP contribution in [0.1, 0.15) is 33.4 Å². The molecule has 8 heteroatoms.